The maximum atomic E-state index is 11.4. The quantitative estimate of drug-likeness (QED) is 0.330. The van der Waals surface area contributed by atoms with E-state index >= 15 is 0 Å². The molecule has 1 heterocycles. The summed E-state index contributed by atoms with van der Waals surface area (Å²) in [4.78, 5) is 22.4. The predicted molar refractivity (Wildman–Crippen MR) is 99.2 cm³/mol. The van der Waals surface area contributed by atoms with Crippen LogP contribution in [0.3, 0.4) is 0 Å². The summed E-state index contributed by atoms with van der Waals surface area (Å²) in [5.41, 5.74) is 0. The van der Waals surface area contributed by atoms with Gasteiger partial charge in [0.1, 0.15) is 12.7 Å². The summed E-state index contributed by atoms with van der Waals surface area (Å²) in [6.45, 7) is 1.02. The summed E-state index contributed by atoms with van der Waals surface area (Å²) in [6, 6.07) is 0. The molecule has 0 amide bonds. The van der Waals surface area contributed by atoms with Crippen molar-refractivity contribution in [2.45, 2.75) is 19.1 Å². The Morgan fingerprint density at radius 3 is 1.90 bits per heavy atom. The number of carbonyl (C=O) groups excluding carboxylic acids is 2. The van der Waals surface area contributed by atoms with Gasteiger partial charge in [0.25, 0.3) is 0 Å². The lowest BCUT2D eigenvalue weighted by Crippen LogP contribution is -2.33. The van der Waals surface area contributed by atoms with E-state index < -0.39 is 42.3 Å². The van der Waals surface area contributed by atoms with Crippen LogP contribution in [-0.4, -0.2) is 46.1 Å². The maximum Gasteiger partial charge on any atom is 0.385 e. The van der Waals surface area contributed by atoms with Gasteiger partial charge in [-0.3, -0.25) is 0 Å². The molecule has 7 nitrogen and oxygen atoms in total. The second kappa shape index (κ2) is 12.5. The van der Waals surface area contributed by atoms with E-state index in [0.29, 0.717) is 0 Å². The van der Waals surface area contributed by atoms with Gasteiger partial charge >= 0.3 is 11.9 Å². The fraction of sp³-hybridized carbons (Fsp3) is 0.182. The van der Waals surface area contributed by atoms with Crippen LogP contribution in [0, 0.1) is 82.9 Å². The van der Waals surface area contributed by atoms with Crippen molar-refractivity contribution in [1.82, 2.24) is 0 Å². The number of rotatable bonds is 3. The van der Waals surface area contributed by atoms with Gasteiger partial charge in [0.05, 0.1) is 0 Å². The molecule has 1 rings (SSSR count). The minimum Gasteiger partial charge on any atom is -0.505 e. The van der Waals surface area contributed by atoms with Crippen molar-refractivity contribution in [3.8, 4) is 82.9 Å². The number of aliphatic hydroxyl groups is 3. The molecule has 1 aliphatic heterocycles. The Bertz CT molecular complexity index is 1160. The van der Waals surface area contributed by atoms with E-state index in [1.807, 2.05) is 5.92 Å². The van der Waals surface area contributed by atoms with Crippen molar-refractivity contribution in [2.24, 2.45) is 0 Å². The highest BCUT2D eigenvalue weighted by molar-refractivity contribution is 5.89. The van der Waals surface area contributed by atoms with Crippen molar-refractivity contribution in [2.75, 3.05) is 6.61 Å². The lowest BCUT2D eigenvalue weighted by molar-refractivity contribution is -0.151. The first kappa shape index (κ1) is 22.2. The maximum absolute atomic E-state index is 11.4. The van der Waals surface area contributed by atoms with Crippen molar-refractivity contribution in [3.05, 3.63) is 11.5 Å². The Morgan fingerprint density at radius 2 is 1.45 bits per heavy atom. The summed E-state index contributed by atoms with van der Waals surface area (Å²) in [5, 5.41) is 28.2. The Labute approximate surface area is 167 Å². The lowest BCUT2D eigenvalue weighted by Gasteiger charge is -2.16. The normalized spacial score (nSPS) is 13.6. The van der Waals surface area contributed by atoms with Gasteiger partial charge in [0.2, 0.25) is 5.76 Å². The predicted octanol–water partition coefficient (Wildman–Crippen LogP) is -0.813. The molecule has 0 aliphatic carbocycles. The van der Waals surface area contributed by atoms with E-state index in [9.17, 15) is 19.8 Å². The average molecular weight is 386 g/mol. The molecule has 0 fully saturated rings. The summed E-state index contributed by atoms with van der Waals surface area (Å²) >= 11 is 0. The molecule has 0 spiro atoms. The first-order valence-corrected chi connectivity index (χ1v) is 7.58. The third-order valence-electron chi connectivity index (χ3n) is 2.65. The zero-order valence-electron chi connectivity index (χ0n) is 14.8. The number of hydrogen-bond donors (Lipinski definition) is 3. The molecular weight excluding hydrogens is 376 g/mol. The standard InChI is InChI=1S/C22H10O7/c1-2-3-4-5-6-7-8-9-10-11-12-13-14-15-18(24)28-16-17(23)21-19(25)20(26)22(27)29-21/h17,21,23,25-26H,16H2,1H3. The average Bonchev–Trinajstić information content (AvgIpc) is 2.97. The van der Waals surface area contributed by atoms with Gasteiger partial charge in [-0.1, -0.05) is 5.92 Å². The van der Waals surface area contributed by atoms with Crippen LogP contribution < -0.4 is 0 Å². The molecule has 3 N–H and O–H groups in total. The van der Waals surface area contributed by atoms with Crippen LogP contribution in [0.15, 0.2) is 11.5 Å². The number of esters is 2. The molecule has 0 radical (unpaired) electrons. The molecule has 2 atom stereocenters. The molecule has 0 aromatic carbocycles. The largest absolute Gasteiger partial charge is 0.505 e. The zero-order valence-corrected chi connectivity index (χ0v) is 14.8. The minimum atomic E-state index is -1.58. The Morgan fingerprint density at radius 1 is 0.966 bits per heavy atom. The second-order valence-corrected chi connectivity index (χ2v) is 4.60. The summed E-state index contributed by atoms with van der Waals surface area (Å²) in [5.74, 6) is 29.2. The minimum absolute atomic E-state index is 0.637. The smallest absolute Gasteiger partial charge is 0.385 e. The highest BCUT2D eigenvalue weighted by Gasteiger charge is 2.39. The highest BCUT2D eigenvalue weighted by atomic mass is 16.6. The van der Waals surface area contributed by atoms with Crippen LogP contribution in [0.1, 0.15) is 6.92 Å². The van der Waals surface area contributed by atoms with Gasteiger partial charge in [-0.2, -0.15) is 0 Å². The third-order valence-corrected chi connectivity index (χ3v) is 2.65. The Balaban J connectivity index is 2.43. The van der Waals surface area contributed by atoms with Crippen LogP contribution in [0.4, 0.5) is 0 Å². The van der Waals surface area contributed by atoms with Crippen LogP contribution in [0.2, 0.25) is 0 Å². The van der Waals surface area contributed by atoms with E-state index in [1.54, 1.807) is 6.92 Å². The molecule has 0 aromatic rings. The number of ether oxygens (including phenoxy) is 2. The van der Waals surface area contributed by atoms with E-state index in [2.05, 4.69) is 86.4 Å². The molecule has 29 heavy (non-hydrogen) atoms. The number of hydrogen-bond acceptors (Lipinski definition) is 7. The number of cyclic esters (lactones) is 1. The molecule has 1 aliphatic rings. The van der Waals surface area contributed by atoms with Crippen molar-refractivity contribution in [3.63, 3.8) is 0 Å². The summed E-state index contributed by atoms with van der Waals surface area (Å²) in [7, 11) is 0. The molecule has 0 saturated carbocycles. The van der Waals surface area contributed by atoms with E-state index in [-0.39, 0.29) is 0 Å². The molecule has 7 heteroatoms. The summed E-state index contributed by atoms with van der Waals surface area (Å²) < 4.78 is 9.12. The molecule has 2 unspecified atom stereocenters. The van der Waals surface area contributed by atoms with Crippen LogP contribution in [0.5, 0.6) is 0 Å². The van der Waals surface area contributed by atoms with E-state index in [4.69, 9.17) is 5.11 Å². The van der Waals surface area contributed by atoms with Gasteiger partial charge in [-0.25, -0.2) is 9.59 Å². The molecule has 0 saturated heterocycles. The fourth-order valence-electron chi connectivity index (χ4n) is 1.47. The molecule has 0 bridgehead atoms. The molecular formula is C22H10O7. The topological polar surface area (TPSA) is 113 Å². The number of aliphatic hydroxyl groups excluding tert-OH is 3. The van der Waals surface area contributed by atoms with E-state index in [1.165, 1.54) is 0 Å². The zero-order chi connectivity index (χ0) is 21.5. The molecule has 0 aromatic heterocycles. The van der Waals surface area contributed by atoms with Crippen LogP contribution in [0.25, 0.3) is 0 Å². The number of carbonyl (C=O) groups is 2. The van der Waals surface area contributed by atoms with Gasteiger partial charge in [-0.15, -0.1) is 0 Å². The first-order valence-electron chi connectivity index (χ1n) is 7.58. The van der Waals surface area contributed by atoms with Crippen LogP contribution in [-0.2, 0) is 19.1 Å². The van der Waals surface area contributed by atoms with Gasteiger partial charge in [0.15, 0.2) is 11.9 Å². The third kappa shape index (κ3) is 8.39. The van der Waals surface area contributed by atoms with Gasteiger partial charge in [0, 0.05) is 5.92 Å². The SMILES string of the molecule is CC#CC#CC#CC#CC#CC#CC#CC(=O)OCC(O)C1OC(=O)C(O)=C1O. The Kier molecular flexibility index (Phi) is 9.57. The summed E-state index contributed by atoms with van der Waals surface area (Å²) in [6.07, 6.45) is -3.11. The fourth-order valence-corrected chi connectivity index (χ4v) is 1.47. The van der Waals surface area contributed by atoms with Gasteiger partial charge < -0.3 is 24.8 Å². The second-order valence-electron chi connectivity index (χ2n) is 4.60. The molecule has 140 valence electrons. The van der Waals surface area contributed by atoms with Crippen LogP contribution >= 0.6 is 0 Å². The first-order chi connectivity index (χ1) is 14.0. The van der Waals surface area contributed by atoms with Gasteiger partial charge in [-0.05, 0) is 78.0 Å². The Hall–Kier alpha value is -4.84. The monoisotopic (exact) mass is 386 g/mol. The van der Waals surface area contributed by atoms with Crippen molar-refractivity contribution < 1.29 is 34.4 Å². The highest BCUT2D eigenvalue weighted by Crippen LogP contribution is 2.21. The van der Waals surface area contributed by atoms with Crippen molar-refractivity contribution in [1.29, 1.82) is 0 Å². The van der Waals surface area contributed by atoms with Crippen molar-refractivity contribution >= 4 is 11.9 Å². The lowest BCUT2D eigenvalue weighted by atomic mass is 10.2. The van der Waals surface area contributed by atoms with E-state index in [0.717, 1.165) is 0 Å².